The fourth-order valence-corrected chi connectivity index (χ4v) is 9.15. The molecule has 4 aromatic rings. The number of rotatable bonds is 16. The van der Waals surface area contributed by atoms with E-state index in [0.29, 0.717) is 26.2 Å². The highest BCUT2D eigenvalue weighted by Gasteiger charge is 2.39. The van der Waals surface area contributed by atoms with E-state index >= 15 is 0 Å². The van der Waals surface area contributed by atoms with Crippen LogP contribution in [0.2, 0.25) is 6.04 Å². The van der Waals surface area contributed by atoms with Crippen LogP contribution in [0, 0.1) is 0 Å². The Morgan fingerprint density at radius 1 is 0.775 bits per heavy atom. The second-order valence-corrected chi connectivity index (χ2v) is 13.6. The normalized spacial score (nSPS) is 12.6. The maximum absolute atomic E-state index is 13.2. The maximum Gasteiger partial charge on any atom is 0.500 e. The van der Waals surface area contributed by atoms with Gasteiger partial charge in [-0.1, -0.05) is 78.9 Å². The number of hydrogen-bond acceptors (Lipinski definition) is 6. The third-order valence-electron chi connectivity index (χ3n) is 6.82. The van der Waals surface area contributed by atoms with Crippen molar-refractivity contribution in [3.8, 4) is 0 Å². The summed E-state index contributed by atoms with van der Waals surface area (Å²) >= 11 is 1.78. The molecule has 212 valence electrons. The minimum absolute atomic E-state index is 0.000286. The van der Waals surface area contributed by atoms with Crippen LogP contribution in [0.5, 0.6) is 0 Å². The Bertz CT molecular complexity index is 1290. The minimum Gasteiger partial charge on any atom is -0.461 e. The number of fused-ring (bicyclic) bond motifs is 2. The number of hydrogen-bond donors (Lipinski definition) is 0. The van der Waals surface area contributed by atoms with E-state index in [2.05, 4.69) is 42.5 Å². The van der Waals surface area contributed by atoms with Crippen LogP contribution in [-0.4, -0.2) is 40.3 Å². The second-order valence-electron chi connectivity index (χ2n) is 9.52. The van der Waals surface area contributed by atoms with Gasteiger partial charge in [-0.25, -0.2) is 0 Å². The minimum atomic E-state index is -2.68. The van der Waals surface area contributed by atoms with Crippen molar-refractivity contribution in [1.29, 1.82) is 0 Å². The summed E-state index contributed by atoms with van der Waals surface area (Å²) in [5, 5.41) is 4.54. The van der Waals surface area contributed by atoms with Gasteiger partial charge in [-0.2, -0.15) is 11.8 Å². The van der Waals surface area contributed by atoms with Crippen LogP contribution in [0.3, 0.4) is 0 Å². The van der Waals surface area contributed by atoms with Crippen molar-refractivity contribution in [3.05, 3.63) is 96.1 Å². The highest BCUT2D eigenvalue weighted by molar-refractivity contribution is 7.99. The highest BCUT2D eigenvalue weighted by Crippen LogP contribution is 2.35. The average molecular weight is 577 g/mol. The van der Waals surface area contributed by atoms with Crippen LogP contribution in [-0.2, 0) is 29.4 Å². The van der Waals surface area contributed by atoms with Gasteiger partial charge in [0.15, 0.2) is 0 Å². The molecule has 0 saturated carbocycles. The summed E-state index contributed by atoms with van der Waals surface area (Å²) in [5.74, 6) is 0.669. The molecule has 1 unspecified atom stereocenters. The Morgan fingerprint density at radius 3 is 1.90 bits per heavy atom. The second kappa shape index (κ2) is 15.4. The van der Waals surface area contributed by atoms with Crippen LogP contribution in [0.4, 0.5) is 0 Å². The maximum atomic E-state index is 13.2. The van der Waals surface area contributed by atoms with Crippen LogP contribution in [0.25, 0.3) is 21.5 Å². The first-order valence-electron chi connectivity index (χ1n) is 14.2. The fourth-order valence-electron chi connectivity index (χ4n) is 5.08. The molecule has 0 fully saturated rings. The van der Waals surface area contributed by atoms with Crippen LogP contribution in [0.1, 0.15) is 50.0 Å². The van der Waals surface area contributed by atoms with Gasteiger partial charge in [0.1, 0.15) is 6.61 Å². The number of carbonyl (C=O) groups is 1. The van der Waals surface area contributed by atoms with E-state index in [1.807, 2.05) is 63.2 Å². The van der Waals surface area contributed by atoms with Gasteiger partial charge in [0, 0.05) is 36.7 Å². The topological polar surface area (TPSA) is 54.0 Å². The zero-order valence-electron chi connectivity index (χ0n) is 23.8. The number of benzene rings is 4. The fraction of sp³-hybridized carbons (Fsp3) is 0.364. The van der Waals surface area contributed by atoms with Gasteiger partial charge in [0.05, 0.1) is 6.42 Å². The molecule has 4 rings (SSSR count). The zero-order valence-corrected chi connectivity index (χ0v) is 25.6. The Labute approximate surface area is 243 Å². The van der Waals surface area contributed by atoms with Crippen molar-refractivity contribution in [2.24, 2.45) is 0 Å². The highest BCUT2D eigenvalue weighted by atomic mass is 32.2. The molecular formula is C33H40O5SSi. The first kappa shape index (κ1) is 30.3. The molecule has 0 aliphatic heterocycles. The lowest BCUT2D eigenvalue weighted by Crippen LogP contribution is -2.46. The van der Waals surface area contributed by atoms with E-state index in [9.17, 15) is 4.79 Å². The van der Waals surface area contributed by atoms with Crippen molar-refractivity contribution in [1.82, 2.24) is 0 Å². The lowest BCUT2D eigenvalue weighted by molar-refractivity contribution is -0.144. The van der Waals surface area contributed by atoms with Gasteiger partial charge in [0.25, 0.3) is 0 Å². The molecule has 40 heavy (non-hydrogen) atoms. The van der Waals surface area contributed by atoms with Crippen LogP contribution >= 0.6 is 11.8 Å². The zero-order chi connectivity index (χ0) is 28.2. The molecule has 0 aliphatic rings. The van der Waals surface area contributed by atoms with E-state index in [1.165, 1.54) is 0 Å². The Hall–Kier alpha value is -2.68. The number of ether oxygens (including phenoxy) is 1. The summed E-state index contributed by atoms with van der Waals surface area (Å²) in [6.07, 6.45) is 1.19. The third-order valence-corrected chi connectivity index (χ3v) is 11.3. The van der Waals surface area contributed by atoms with Crippen molar-refractivity contribution < 1.29 is 22.8 Å². The number of carbonyl (C=O) groups excluding carboxylic acids is 1. The van der Waals surface area contributed by atoms with Crippen LogP contribution in [0.15, 0.2) is 84.9 Å². The SMILES string of the molecule is CCO[Si](CCCSC(CC(=O)OCc1c2ccccc2cc2ccccc12)c1ccccc1)(OCC)OCC. The number of thioether (sulfide) groups is 1. The monoisotopic (exact) mass is 576 g/mol. The molecule has 0 heterocycles. The predicted molar refractivity (Wildman–Crippen MR) is 168 cm³/mol. The molecule has 1 atom stereocenters. The summed E-state index contributed by atoms with van der Waals surface area (Å²) < 4.78 is 24.0. The van der Waals surface area contributed by atoms with Gasteiger partial charge in [-0.15, -0.1) is 0 Å². The largest absolute Gasteiger partial charge is 0.500 e. The third kappa shape index (κ3) is 7.95. The molecule has 0 spiro atoms. The summed E-state index contributed by atoms with van der Waals surface area (Å²) in [7, 11) is -2.68. The average Bonchev–Trinajstić information content (AvgIpc) is 2.97. The molecule has 4 aromatic carbocycles. The lowest BCUT2D eigenvalue weighted by atomic mass is 9.97. The summed E-state index contributed by atoms with van der Waals surface area (Å²) in [5.41, 5.74) is 2.18. The quantitative estimate of drug-likeness (QED) is 0.0578. The van der Waals surface area contributed by atoms with Gasteiger partial charge < -0.3 is 18.0 Å². The first-order chi connectivity index (χ1) is 19.6. The molecule has 0 bridgehead atoms. The van der Waals surface area contributed by atoms with Crippen molar-refractivity contribution in [2.45, 2.75) is 51.5 Å². The van der Waals surface area contributed by atoms with Gasteiger partial charge in [0.2, 0.25) is 0 Å². The molecule has 0 amide bonds. The molecule has 7 heteroatoms. The van der Waals surface area contributed by atoms with Crippen molar-refractivity contribution >= 4 is 48.1 Å². The molecule has 0 radical (unpaired) electrons. The molecule has 0 aromatic heterocycles. The predicted octanol–water partition coefficient (Wildman–Crippen LogP) is 8.34. The van der Waals surface area contributed by atoms with Crippen LogP contribution < -0.4 is 0 Å². The molecule has 0 aliphatic carbocycles. The first-order valence-corrected chi connectivity index (χ1v) is 17.2. The van der Waals surface area contributed by atoms with E-state index in [-0.39, 0.29) is 17.8 Å². The smallest absolute Gasteiger partial charge is 0.461 e. The summed E-state index contributed by atoms with van der Waals surface area (Å²) in [6, 6.07) is 29.7. The molecule has 5 nitrogen and oxygen atoms in total. The number of esters is 1. The Morgan fingerprint density at radius 2 is 1.32 bits per heavy atom. The Kier molecular flexibility index (Phi) is 11.6. The van der Waals surface area contributed by atoms with Gasteiger partial charge in [-0.05, 0) is 66.1 Å². The summed E-state index contributed by atoms with van der Waals surface area (Å²) in [6.45, 7) is 7.90. The van der Waals surface area contributed by atoms with Crippen molar-refractivity contribution in [2.75, 3.05) is 25.6 Å². The van der Waals surface area contributed by atoms with E-state index in [4.69, 9.17) is 18.0 Å². The molecule has 0 N–H and O–H groups in total. The molecule has 0 saturated heterocycles. The van der Waals surface area contributed by atoms with Crippen molar-refractivity contribution in [3.63, 3.8) is 0 Å². The van der Waals surface area contributed by atoms with E-state index in [0.717, 1.165) is 50.9 Å². The van der Waals surface area contributed by atoms with Gasteiger partial charge >= 0.3 is 14.8 Å². The standard InChI is InChI=1S/C33H40O5SSi/c1-4-36-40(37-5-2,38-6-3)22-14-21-39-32(26-15-8-7-9-16-26)24-33(34)35-25-31-29-19-12-10-17-27(29)23-28-18-11-13-20-30(28)31/h7-13,15-20,23,32H,4-6,14,21-22,24-25H2,1-3H3. The lowest BCUT2D eigenvalue weighted by Gasteiger charge is -2.28. The van der Waals surface area contributed by atoms with E-state index < -0.39 is 8.80 Å². The van der Waals surface area contributed by atoms with Gasteiger partial charge in [-0.3, -0.25) is 4.79 Å². The Balaban J connectivity index is 1.43. The summed E-state index contributed by atoms with van der Waals surface area (Å²) in [4.78, 5) is 13.2. The van der Waals surface area contributed by atoms with E-state index in [1.54, 1.807) is 11.8 Å². The molecular weight excluding hydrogens is 537 g/mol.